The molecule has 190 valence electrons. The lowest BCUT2D eigenvalue weighted by Gasteiger charge is -2.37. The van der Waals surface area contributed by atoms with E-state index < -0.39 is 0 Å². The number of hydrogen-bond acceptors (Lipinski definition) is 7. The Kier molecular flexibility index (Phi) is 6.77. The van der Waals surface area contributed by atoms with Crippen LogP contribution in [0.15, 0.2) is 43.1 Å². The summed E-state index contributed by atoms with van der Waals surface area (Å²) < 4.78 is 0. The molecule has 3 amide bonds. The second-order valence-electron chi connectivity index (χ2n) is 9.76. The van der Waals surface area contributed by atoms with E-state index in [0.717, 1.165) is 50.3 Å². The Labute approximate surface area is 212 Å². The Morgan fingerprint density at radius 3 is 2.61 bits per heavy atom. The number of likely N-dealkylation sites (N-methyl/N-ethyl adjacent to an activating group) is 1. The molecular weight excluding hydrogens is 456 g/mol. The van der Waals surface area contributed by atoms with Crippen LogP contribution >= 0.6 is 0 Å². The van der Waals surface area contributed by atoms with Gasteiger partial charge in [0, 0.05) is 75.5 Å². The molecule has 0 spiro atoms. The number of piperazine rings is 1. The normalized spacial score (nSPS) is 20.5. The predicted molar refractivity (Wildman–Crippen MR) is 141 cm³/mol. The lowest BCUT2D eigenvalue weighted by molar-refractivity contribution is -0.127. The first-order chi connectivity index (χ1) is 17.4. The van der Waals surface area contributed by atoms with Crippen molar-refractivity contribution in [3.8, 4) is 0 Å². The lowest BCUT2D eigenvalue weighted by Crippen LogP contribution is -2.51. The Bertz CT molecular complexity index is 1130. The highest BCUT2D eigenvalue weighted by atomic mass is 16.2. The molecule has 10 heteroatoms. The smallest absolute Gasteiger partial charge is 0.325 e. The van der Waals surface area contributed by atoms with Gasteiger partial charge < -0.3 is 24.9 Å². The summed E-state index contributed by atoms with van der Waals surface area (Å²) in [6, 6.07) is 8.17. The van der Waals surface area contributed by atoms with Crippen molar-refractivity contribution in [2.45, 2.75) is 25.4 Å². The highest BCUT2D eigenvalue weighted by Gasteiger charge is 2.35. The fraction of sp³-hybridized carbons (Fsp3) is 0.462. The summed E-state index contributed by atoms with van der Waals surface area (Å²) in [4.78, 5) is 44.4. The van der Waals surface area contributed by atoms with Crippen LogP contribution < -0.4 is 15.1 Å². The summed E-state index contributed by atoms with van der Waals surface area (Å²) in [7, 11) is 3.89. The van der Waals surface area contributed by atoms with Gasteiger partial charge in [0.2, 0.25) is 11.9 Å². The predicted octanol–water partition coefficient (Wildman–Crippen LogP) is 2.52. The summed E-state index contributed by atoms with van der Waals surface area (Å²) in [5, 5.41) is 3.27. The first-order valence-corrected chi connectivity index (χ1v) is 12.5. The van der Waals surface area contributed by atoms with E-state index in [0.29, 0.717) is 31.4 Å². The van der Waals surface area contributed by atoms with E-state index in [2.05, 4.69) is 50.8 Å². The maximum atomic E-state index is 13.1. The Morgan fingerprint density at radius 1 is 1.14 bits per heavy atom. The maximum Gasteiger partial charge on any atom is 0.325 e. The standard InChI is InChI=1S/C26H34N8O2/c1-4-23(35)34-11-5-6-22(34)18-33-17-19-16-27-25(29-24(19)31(3)26(33)36)28-20-7-9-21(10-8-20)32-14-12-30(2)13-15-32/h4,7-10,16,22H,1,5-6,11-15,17-18H2,2-3H3,(H,27,28,29). The SMILES string of the molecule is C=CC(=O)N1CCCC1CN1Cc2cnc(Nc3ccc(N4CCN(C)CC4)cc3)nc2N(C)C1=O. The average molecular weight is 491 g/mol. The molecule has 0 aliphatic carbocycles. The van der Waals surface area contributed by atoms with E-state index in [1.165, 1.54) is 11.8 Å². The molecule has 5 rings (SSSR count). The fourth-order valence-electron chi connectivity index (χ4n) is 5.22. The second kappa shape index (κ2) is 10.1. The monoisotopic (exact) mass is 490 g/mol. The number of urea groups is 1. The quantitative estimate of drug-likeness (QED) is 0.623. The minimum absolute atomic E-state index is 0.00470. The number of likely N-dealkylation sites (tertiary alicyclic amines) is 1. The Balaban J connectivity index is 1.25. The number of hydrogen-bond donors (Lipinski definition) is 1. The number of aromatic nitrogens is 2. The Morgan fingerprint density at radius 2 is 1.89 bits per heavy atom. The van der Waals surface area contributed by atoms with E-state index in [4.69, 9.17) is 0 Å². The highest BCUT2D eigenvalue weighted by molar-refractivity contribution is 5.93. The number of nitrogens with one attached hydrogen (secondary N) is 1. The maximum absolute atomic E-state index is 13.1. The molecule has 1 N–H and O–H groups in total. The minimum atomic E-state index is -0.124. The number of anilines is 4. The van der Waals surface area contributed by atoms with Gasteiger partial charge in [-0.2, -0.15) is 4.98 Å². The van der Waals surface area contributed by atoms with Crippen molar-refractivity contribution >= 4 is 35.1 Å². The van der Waals surface area contributed by atoms with E-state index >= 15 is 0 Å². The van der Waals surface area contributed by atoms with Crippen LogP contribution in [0.3, 0.4) is 0 Å². The molecule has 36 heavy (non-hydrogen) atoms. The van der Waals surface area contributed by atoms with Crippen LogP contribution in [-0.4, -0.2) is 96.0 Å². The number of rotatable bonds is 6. The van der Waals surface area contributed by atoms with Crippen LogP contribution in [0.4, 0.5) is 27.9 Å². The molecule has 3 aliphatic heterocycles. The first kappa shape index (κ1) is 24.1. The van der Waals surface area contributed by atoms with E-state index in [1.54, 1.807) is 23.0 Å². The molecule has 1 atom stereocenters. The molecule has 0 saturated carbocycles. The van der Waals surface area contributed by atoms with Crippen molar-refractivity contribution in [1.29, 1.82) is 0 Å². The van der Waals surface area contributed by atoms with Gasteiger partial charge in [-0.25, -0.2) is 9.78 Å². The zero-order valence-electron chi connectivity index (χ0n) is 21.1. The summed E-state index contributed by atoms with van der Waals surface area (Å²) in [5.41, 5.74) is 2.99. The molecule has 2 aromatic rings. The summed E-state index contributed by atoms with van der Waals surface area (Å²) in [5.74, 6) is 0.979. The lowest BCUT2D eigenvalue weighted by atomic mass is 10.1. The number of carbonyl (C=O) groups is 2. The van der Waals surface area contributed by atoms with Crippen molar-refractivity contribution in [3.63, 3.8) is 0 Å². The van der Waals surface area contributed by atoms with Gasteiger partial charge >= 0.3 is 6.03 Å². The summed E-state index contributed by atoms with van der Waals surface area (Å²) >= 11 is 0. The van der Waals surface area contributed by atoms with Gasteiger partial charge in [-0.3, -0.25) is 9.69 Å². The molecule has 1 aromatic carbocycles. The molecule has 0 radical (unpaired) electrons. The topological polar surface area (TPSA) is 88.2 Å². The van der Waals surface area contributed by atoms with Crippen LogP contribution in [0.25, 0.3) is 0 Å². The molecular formula is C26H34N8O2. The van der Waals surface area contributed by atoms with Crippen molar-refractivity contribution in [2.24, 2.45) is 0 Å². The largest absolute Gasteiger partial charge is 0.369 e. The third-order valence-electron chi connectivity index (χ3n) is 7.34. The summed E-state index contributed by atoms with van der Waals surface area (Å²) in [6.07, 6.45) is 4.95. The van der Waals surface area contributed by atoms with E-state index in [-0.39, 0.29) is 18.0 Å². The minimum Gasteiger partial charge on any atom is -0.369 e. The number of amides is 3. The highest BCUT2D eigenvalue weighted by Crippen LogP contribution is 2.29. The van der Waals surface area contributed by atoms with Crippen LogP contribution in [0, 0.1) is 0 Å². The van der Waals surface area contributed by atoms with E-state index in [1.807, 2.05) is 17.0 Å². The van der Waals surface area contributed by atoms with E-state index in [9.17, 15) is 9.59 Å². The van der Waals surface area contributed by atoms with Gasteiger partial charge in [0.05, 0.1) is 6.54 Å². The average Bonchev–Trinajstić information content (AvgIpc) is 3.36. The molecule has 3 aliphatic rings. The van der Waals surface area contributed by atoms with Gasteiger partial charge in [-0.1, -0.05) is 6.58 Å². The van der Waals surface area contributed by atoms with Crippen LogP contribution in [0.5, 0.6) is 0 Å². The number of nitrogens with zero attached hydrogens (tertiary/aromatic N) is 7. The molecule has 10 nitrogen and oxygen atoms in total. The number of benzene rings is 1. The van der Waals surface area contributed by atoms with Crippen molar-refractivity contribution in [1.82, 2.24) is 24.7 Å². The zero-order valence-corrected chi connectivity index (χ0v) is 21.1. The molecule has 2 fully saturated rings. The third-order valence-corrected chi connectivity index (χ3v) is 7.34. The zero-order chi connectivity index (χ0) is 25.2. The number of fused-ring (bicyclic) bond motifs is 1. The van der Waals surface area contributed by atoms with Crippen molar-refractivity contribution in [3.05, 3.63) is 48.7 Å². The van der Waals surface area contributed by atoms with Gasteiger partial charge in [-0.05, 0) is 50.2 Å². The van der Waals surface area contributed by atoms with Crippen LogP contribution in [0.1, 0.15) is 18.4 Å². The molecule has 4 heterocycles. The molecule has 1 aromatic heterocycles. The van der Waals surface area contributed by atoms with Gasteiger partial charge in [0.1, 0.15) is 5.82 Å². The third kappa shape index (κ3) is 4.86. The molecule has 1 unspecified atom stereocenters. The molecule has 0 bridgehead atoms. The Hall–Kier alpha value is -3.66. The second-order valence-corrected chi connectivity index (χ2v) is 9.76. The van der Waals surface area contributed by atoms with Crippen molar-refractivity contribution < 1.29 is 9.59 Å². The first-order valence-electron chi connectivity index (χ1n) is 12.5. The van der Waals surface area contributed by atoms with Gasteiger partial charge in [0.15, 0.2) is 0 Å². The van der Waals surface area contributed by atoms with Gasteiger partial charge in [0.25, 0.3) is 0 Å². The van der Waals surface area contributed by atoms with Gasteiger partial charge in [-0.15, -0.1) is 0 Å². The van der Waals surface area contributed by atoms with Crippen LogP contribution in [0.2, 0.25) is 0 Å². The van der Waals surface area contributed by atoms with Crippen LogP contribution in [-0.2, 0) is 11.3 Å². The summed E-state index contributed by atoms with van der Waals surface area (Å²) in [6.45, 7) is 9.41. The van der Waals surface area contributed by atoms with Crippen molar-refractivity contribution in [2.75, 3.05) is 68.5 Å². The number of carbonyl (C=O) groups excluding carboxylic acids is 2. The molecule has 2 saturated heterocycles. The fourth-order valence-corrected chi connectivity index (χ4v) is 5.22.